The lowest BCUT2D eigenvalue weighted by Gasteiger charge is -2.15. The molecule has 1 aliphatic heterocycles. The fourth-order valence-corrected chi connectivity index (χ4v) is 5.55. The van der Waals surface area contributed by atoms with Crippen molar-refractivity contribution in [2.24, 2.45) is 0 Å². The number of nitrogens with one attached hydrogen (secondary N) is 1. The van der Waals surface area contributed by atoms with Crippen molar-refractivity contribution in [1.82, 2.24) is 4.31 Å². The largest absolute Gasteiger partial charge is 0.289 e. The van der Waals surface area contributed by atoms with Crippen LogP contribution in [0.3, 0.4) is 0 Å². The van der Waals surface area contributed by atoms with Crippen LogP contribution >= 0.6 is 11.6 Å². The molecule has 0 atom stereocenters. The highest BCUT2D eigenvalue weighted by Crippen LogP contribution is 2.29. The molecule has 0 amide bonds. The van der Waals surface area contributed by atoms with E-state index in [-0.39, 0.29) is 20.5 Å². The topological polar surface area (TPSA) is 127 Å². The first-order chi connectivity index (χ1) is 13.1. The molecule has 1 heterocycles. The summed E-state index contributed by atoms with van der Waals surface area (Å²) in [6.07, 6.45) is 1.59. The van der Waals surface area contributed by atoms with Crippen molar-refractivity contribution < 1.29 is 21.8 Å². The summed E-state index contributed by atoms with van der Waals surface area (Å²) in [4.78, 5) is 10.0. The Morgan fingerprint density at radius 2 is 1.54 bits per heavy atom. The Kier molecular flexibility index (Phi) is 5.62. The van der Waals surface area contributed by atoms with Crippen LogP contribution in [0, 0.1) is 10.1 Å². The zero-order valence-corrected chi connectivity index (χ0v) is 16.8. The molecule has 12 heteroatoms. The number of benzene rings is 2. The highest BCUT2D eigenvalue weighted by atomic mass is 35.5. The standard InChI is InChI=1S/C16H16ClN3O6S2/c17-15-8-3-12(11-16(15)20(21)22)18-27(23,24)13-4-6-14(7-5-13)28(25,26)19-9-1-2-10-19/h3-8,11,18H,1-2,9-10H2. The molecular formula is C16H16ClN3O6S2. The second kappa shape index (κ2) is 7.66. The van der Waals surface area contributed by atoms with Gasteiger partial charge in [0.15, 0.2) is 0 Å². The van der Waals surface area contributed by atoms with Gasteiger partial charge in [-0.1, -0.05) is 11.6 Å². The van der Waals surface area contributed by atoms with Gasteiger partial charge in [-0.3, -0.25) is 14.8 Å². The summed E-state index contributed by atoms with van der Waals surface area (Å²) in [5.74, 6) is 0. The van der Waals surface area contributed by atoms with E-state index in [1.165, 1.54) is 40.7 Å². The third kappa shape index (κ3) is 4.12. The minimum atomic E-state index is -4.07. The van der Waals surface area contributed by atoms with E-state index in [9.17, 15) is 26.9 Å². The minimum Gasteiger partial charge on any atom is -0.279 e. The summed E-state index contributed by atoms with van der Waals surface area (Å²) < 4.78 is 53.6. The Balaban J connectivity index is 1.85. The van der Waals surface area contributed by atoms with Gasteiger partial charge in [0.2, 0.25) is 10.0 Å². The lowest BCUT2D eigenvalue weighted by molar-refractivity contribution is -0.384. The van der Waals surface area contributed by atoms with Crippen LogP contribution in [-0.2, 0) is 20.0 Å². The van der Waals surface area contributed by atoms with E-state index in [0.29, 0.717) is 13.1 Å². The second-order valence-corrected chi connectivity index (χ2v) is 10.1. The van der Waals surface area contributed by atoms with Crippen LogP contribution in [0.4, 0.5) is 11.4 Å². The molecule has 2 aromatic carbocycles. The van der Waals surface area contributed by atoms with Crippen LogP contribution in [0.1, 0.15) is 12.8 Å². The van der Waals surface area contributed by atoms with Gasteiger partial charge in [-0.05, 0) is 49.2 Å². The molecule has 2 aromatic rings. The summed E-state index contributed by atoms with van der Waals surface area (Å²) in [5, 5.41) is 10.8. The summed E-state index contributed by atoms with van der Waals surface area (Å²) in [5.41, 5.74) is -0.473. The molecule has 0 unspecified atom stereocenters. The van der Waals surface area contributed by atoms with E-state index < -0.39 is 30.7 Å². The number of rotatable bonds is 6. The molecule has 1 N–H and O–H groups in total. The van der Waals surface area contributed by atoms with Crippen LogP contribution in [0.15, 0.2) is 52.3 Å². The average molecular weight is 446 g/mol. The first-order valence-electron chi connectivity index (χ1n) is 8.18. The van der Waals surface area contributed by atoms with Crippen molar-refractivity contribution in [3.8, 4) is 0 Å². The van der Waals surface area contributed by atoms with Crippen molar-refractivity contribution >= 4 is 43.0 Å². The number of hydrogen-bond acceptors (Lipinski definition) is 6. The molecule has 3 rings (SSSR count). The fraction of sp³-hybridized carbons (Fsp3) is 0.250. The van der Waals surface area contributed by atoms with E-state index in [4.69, 9.17) is 11.6 Å². The highest BCUT2D eigenvalue weighted by molar-refractivity contribution is 7.92. The van der Waals surface area contributed by atoms with E-state index in [1.54, 1.807) is 0 Å². The number of sulfonamides is 2. The molecule has 0 saturated carbocycles. The second-order valence-electron chi connectivity index (χ2n) is 6.11. The smallest absolute Gasteiger partial charge is 0.279 e. The Labute approximate surface area is 167 Å². The fourth-order valence-electron chi connectivity index (χ4n) is 2.80. The molecule has 0 bridgehead atoms. The van der Waals surface area contributed by atoms with Gasteiger partial charge in [-0.2, -0.15) is 4.31 Å². The van der Waals surface area contributed by atoms with Crippen molar-refractivity contribution in [2.45, 2.75) is 22.6 Å². The van der Waals surface area contributed by atoms with Crippen molar-refractivity contribution in [2.75, 3.05) is 17.8 Å². The van der Waals surface area contributed by atoms with Gasteiger partial charge in [0.25, 0.3) is 15.7 Å². The summed E-state index contributed by atoms with van der Waals surface area (Å²) in [7, 11) is -7.73. The van der Waals surface area contributed by atoms with Gasteiger partial charge < -0.3 is 0 Å². The maximum atomic E-state index is 12.5. The molecule has 1 aliphatic rings. The van der Waals surface area contributed by atoms with E-state index in [2.05, 4.69) is 4.72 Å². The monoisotopic (exact) mass is 445 g/mol. The van der Waals surface area contributed by atoms with Crippen LogP contribution in [0.25, 0.3) is 0 Å². The van der Waals surface area contributed by atoms with Gasteiger partial charge in [0.1, 0.15) is 5.02 Å². The first-order valence-corrected chi connectivity index (χ1v) is 11.5. The predicted octanol–water partition coefficient (Wildman–Crippen LogP) is 2.83. The predicted molar refractivity (Wildman–Crippen MR) is 103 cm³/mol. The van der Waals surface area contributed by atoms with Crippen molar-refractivity contribution in [1.29, 1.82) is 0 Å². The summed E-state index contributed by atoms with van der Waals surface area (Å²) in [6, 6.07) is 8.32. The van der Waals surface area contributed by atoms with Crippen LogP contribution in [0.2, 0.25) is 5.02 Å². The molecule has 9 nitrogen and oxygen atoms in total. The lowest BCUT2D eigenvalue weighted by Crippen LogP contribution is -2.27. The number of nitrogens with zero attached hydrogens (tertiary/aromatic N) is 2. The van der Waals surface area contributed by atoms with E-state index in [0.717, 1.165) is 18.9 Å². The molecule has 1 fully saturated rings. The van der Waals surface area contributed by atoms with E-state index in [1.807, 2.05) is 0 Å². The third-order valence-corrected chi connectivity index (χ3v) is 7.86. The molecule has 0 aromatic heterocycles. The quantitative estimate of drug-likeness (QED) is 0.538. The molecule has 150 valence electrons. The maximum absolute atomic E-state index is 12.5. The normalized spacial score (nSPS) is 15.5. The Morgan fingerprint density at radius 3 is 2.11 bits per heavy atom. The van der Waals surface area contributed by atoms with Gasteiger partial charge >= 0.3 is 0 Å². The molecule has 0 spiro atoms. The molecule has 0 aliphatic carbocycles. The van der Waals surface area contributed by atoms with Gasteiger partial charge in [0, 0.05) is 19.2 Å². The van der Waals surface area contributed by atoms with Crippen LogP contribution in [-0.4, -0.2) is 39.2 Å². The number of nitro benzene ring substituents is 1. The maximum Gasteiger partial charge on any atom is 0.289 e. The van der Waals surface area contributed by atoms with Crippen molar-refractivity contribution in [3.05, 3.63) is 57.6 Å². The SMILES string of the molecule is O=[N+]([O-])c1cc(NS(=O)(=O)c2ccc(S(=O)(=O)N3CCCC3)cc2)ccc1Cl. The number of anilines is 1. The Hall–Kier alpha value is -2.21. The zero-order chi connectivity index (χ0) is 20.5. The summed E-state index contributed by atoms with van der Waals surface area (Å²) >= 11 is 5.71. The number of halogens is 1. The lowest BCUT2D eigenvalue weighted by atomic mass is 10.3. The molecule has 1 saturated heterocycles. The third-order valence-electron chi connectivity index (χ3n) is 4.23. The number of nitro groups is 1. The molecule has 28 heavy (non-hydrogen) atoms. The zero-order valence-electron chi connectivity index (χ0n) is 14.4. The van der Waals surface area contributed by atoms with E-state index >= 15 is 0 Å². The molecule has 0 radical (unpaired) electrons. The highest BCUT2D eigenvalue weighted by Gasteiger charge is 2.27. The van der Waals surface area contributed by atoms with Gasteiger partial charge in [0.05, 0.1) is 20.4 Å². The Bertz CT molecular complexity index is 1110. The van der Waals surface area contributed by atoms with Crippen molar-refractivity contribution in [3.63, 3.8) is 0 Å². The summed E-state index contributed by atoms with van der Waals surface area (Å²) in [6.45, 7) is 0.887. The first kappa shape index (κ1) is 20.5. The van der Waals surface area contributed by atoms with Gasteiger partial charge in [-0.25, -0.2) is 16.8 Å². The molecular weight excluding hydrogens is 430 g/mol. The number of hydrogen-bond donors (Lipinski definition) is 1. The van der Waals surface area contributed by atoms with Crippen LogP contribution < -0.4 is 4.72 Å². The minimum absolute atomic E-state index is 0.00970. The Morgan fingerprint density at radius 1 is 0.964 bits per heavy atom. The van der Waals surface area contributed by atoms with Gasteiger partial charge in [-0.15, -0.1) is 0 Å². The van der Waals surface area contributed by atoms with Crippen LogP contribution in [0.5, 0.6) is 0 Å². The average Bonchev–Trinajstić information content (AvgIpc) is 3.18.